The molecule has 10 N–H and O–H groups in total. The molecule has 218 valence electrons. The van der Waals surface area contributed by atoms with Gasteiger partial charge >= 0.3 is 11.9 Å². The van der Waals surface area contributed by atoms with Crippen LogP contribution in [0.15, 0.2) is 24.3 Å². The number of ether oxygens (including phenoxy) is 2. The van der Waals surface area contributed by atoms with E-state index in [9.17, 15) is 39.6 Å². The number of nitrogens with two attached hydrogens (primary N) is 1. The van der Waals surface area contributed by atoms with Gasteiger partial charge in [-0.2, -0.15) is 11.8 Å². The van der Waals surface area contributed by atoms with Crippen LogP contribution >= 0.6 is 11.8 Å². The minimum absolute atomic E-state index is 0.0747. The van der Waals surface area contributed by atoms with Crippen LogP contribution in [0, 0.1) is 0 Å². The Labute approximate surface area is 227 Å². The maximum atomic E-state index is 12.4. The summed E-state index contributed by atoms with van der Waals surface area (Å²) in [6.45, 7) is -1.23. The zero-order valence-electron chi connectivity index (χ0n) is 20.7. The number of carboxylic acid groups (broad SMARTS) is 2. The first-order chi connectivity index (χ1) is 18.4. The third-order valence-corrected chi connectivity index (χ3v) is 6.75. The molecule has 2 rings (SSSR count). The highest BCUT2D eigenvalue weighted by Gasteiger charge is 2.44. The van der Waals surface area contributed by atoms with E-state index in [1.165, 1.54) is 11.8 Å². The van der Waals surface area contributed by atoms with Crippen LogP contribution in [0.3, 0.4) is 0 Å². The molecule has 0 aliphatic carbocycles. The van der Waals surface area contributed by atoms with Crippen molar-refractivity contribution in [3.8, 4) is 5.75 Å². The van der Waals surface area contributed by atoms with Crippen molar-refractivity contribution in [1.82, 2.24) is 10.6 Å². The summed E-state index contributed by atoms with van der Waals surface area (Å²) in [5.74, 6) is -3.14. The molecule has 15 nitrogen and oxygen atoms in total. The van der Waals surface area contributed by atoms with E-state index in [1.807, 2.05) is 0 Å². The zero-order valence-corrected chi connectivity index (χ0v) is 21.5. The van der Waals surface area contributed by atoms with E-state index in [1.54, 1.807) is 24.3 Å². The molecule has 0 saturated carbocycles. The summed E-state index contributed by atoms with van der Waals surface area (Å²) < 4.78 is 10.8. The minimum atomic E-state index is -1.58. The van der Waals surface area contributed by atoms with Gasteiger partial charge in [0.05, 0.1) is 6.61 Å². The van der Waals surface area contributed by atoms with Crippen LogP contribution < -0.4 is 21.1 Å². The number of benzene rings is 1. The largest absolute Gasteiger partial charge is 0.480 e. The second-order valence-electron chi connectivity index (χ2n) is 8.69. The van der Waals surface area contributed by atoms with E-state index in [-0.39, 0.29) is 24.3 Å². The summed E-state index contributed by atoms with van der Waals surface area (Å²) in [5.41, 5.74) is 6.17. The number of hydrogen-bond donors (Lipinski definition) is 9. The lowest BCUT2D eigenvalue weighted by Gasteiger charge is -2.39. The summed E-state index contributed by atoms with van der Waals surface area (Å²) in [5, 5.41) is 61.4. The number of carbonyl (C=O) groups is 4. The van der Waals surface area contributed by atoms with E-state index in [4.69, 9.17) is 25.4 Å². The number of amides is 2. The van der Waals surface area contributed by atoms with Crippen LogP contribution in [-0.4, -0.2) is 116 Å². The van der Waals surface area contributed by atoms with Crippen LogP contribution in [-0.2, 0) is 29.7 Å². The Kier molecular flexibility index (Phi) is 12.9. The van der Waals surface area contributed by atoms with Gasteiger partial charge in [-0.25, -0.2) is 0 Å². The van der Waals surface area contributed by atoms with Gasteiger partial charge in [0.15, 0.2) is 0 Å². The lowest BCUT2D eigenvalue weighted by atomic mass is 9.99. The summed E-state index contributed by atoms with van der Waals surface area (Å²) in [4.78, 5) is 46.2. The average Bonchev–Trinajstić information content (AvgIpc) is 2.90. The van der Waals surface area contributed by atoms with Gasteiger partial charge in [0, 0.05) is 17.9 Å². The molecule has 1 fully saturated rings. The molecule has 0 bridgehead atoms. The molecule has 1 aromatic rings. The summed E-state index contributed by atoms with van der Waals surface area (Å²) in [7, 11) is 0. The monoisotopic (exact) mass is 575 g/mol. The molecule has 16 heteroatoms. The van der Waals surface area contributed by atoms with Crippen molar-refractivity contribution in [1.29, 1.82) is 0 Å². The Bertz CT molecular complexity index is 980. The molecule has 1 heterocycles. The Balaban J connectivity index is 1.92. The van der Waals surface area contributed by atoms with E-state index in [0.29, 0.717) is 5.75 Å². The Morgan fingerprint density at radius 2 is 1.72 bits per heavy atom. The maximum Gasteiger partial charge on any atom is 0.322 e. The number of carbonyl (C=O) groups excluding carboxylic acids is 2. The SMILES string of the molecule is N[C@@H](CCC(=O)N[C@@H](CSCc1ccc(O[C@@H]2O[C@H](CO)[C@@H](O)[C@H](O)[C@H]2O)cc1)C(=O)NCC(=O)O)C(=O)O. The molecule has 39 heavy (non-hydrogen) atoms. The lowest BCUT2D eigenvalue weighted by Crippen LogP contribution is -2.60. The van der Waals surface area contributed by atoms with Gasteiger partial charge in [0.2, 0.25) is 18.1 Å². The molecule has 1 saturated heterocycles. The van der Waals surface area contributed by atoms with Crippen LogP contribution in [0.2, 0.25) is 0 Å². The van der Waals surface area contributed by atoms with Crippen molar-refractivity contribution < 1.29 is 59.3 Å². The quantitative estimate of drug-likeness (QED) is 0.101. The fraction of sp³-hybridized carbons (Fsp3) is 0.565. The number of hydrogen-bond acceptors (Lipinski definition) is 12. The number of thioether (sulfide) groups is 1. The van der Waals surface area contributed by atoms with Gasteiger partial charge in [0.1, 0.15) is 48.8 Å². The molecule has 7 atom stereocenters. The van der Waals surface area contributed by atoms with Crippen LogP contribution in [0.4, 0.5) is 0 Å². The predicted molar refractivity (Wildman–Crippen MR) is 134 cm³/mol. The second-order valence-corrected chi connectivity index (χ2v) is 9.72. The second kappa shape index (κ2) is 15.6. The molecule has 2 amide bonds. The number of nitrogens with one attached hydrogen (secondary N) is 2. The van der Waals surface area contributed by atoms with Crippen molar-refractivity contribution in [2.45, 2.75) is 61.4 Å². The van der Waals surface area contributed by atoms with Crippen LogP contribution in [0.1, 0.15) is 18.4 Å². The van der Waals surface area contributed by atoms with Gasteiger partial charge in [-0.15, -0.1) is 0 Å². The molecule has 0 aromatic heterocycles. The number of aliphatic carboxylic acids is 2. The van der Waals surface area contributed by atoms with Crippen molar-refractivity contribution in [3.05, 3.63) is 29.8 Å². The maximum absolute atomic E-state index is 12.4. The van der Waals surface area contributed by atoms with E-state index < -0.39 is 79.7 Å². The molecule has 0 unspecified atom stereocenters. The fourth-order valence-electron chi connectivity index (χ4n) is 3.40. The first-order valence-corrected chi connectivity index (χ1v) is 13.0. The van der Waals surface area contributed by atoms with E-state index >= 15 is 0 Å². The molecular formula is C23H33N3O12S. The highest BCUT2D eigenvalue weighted by molar-refractivity contribution is 7.98. The van der Waals surface area contributed by atoms with Crippen molar-refractivity contribution in [3.63, 3.8) is 0 Å². The van der Waals surface area contributed by atoms with Gasteiger partial charge in [-0.05, 0) is 24.1 Å². The van der Waals surface area contributed by atoms with Crippen molar-refractivity contribution in [2.75, 3.05) is 18.9 Å². The molecule has 0 spiro atoms. The summed E-state index contributed by atoms with van der Waals surface area (Å²) >= 11 is 1.26. The van der Waals surface area contributed by atoms with Gasteiger partial charge in [-0.3, -0.25) is 19.2 Å². The van der Waals surface area contributed by atoms with E-state index in [0.717, 1.165) is 5.56 Å². The topological polar surface area (TPSA) is 258 Å². The van der Waals surface area contributed by atoms with Crippen molar-refractivity contribution >= 4 is 35.5 Å². The average molecular weight is 576 g/mol. The molecule has 0 radical (unpaired) electrons. The van der Waals surface area contributed by atoms with Crippen molar-refractivity contribution in [2.24, 2.45) is 5.73 Å². The minimum Gasteiger partial charge on any atom is -0.480 e. The third kappa shape index (κ3) is 10.2. The summed E-state index contributed by atoms with van der Waals surface area (Å²) in [6, 6.07) is 4.15. The van der Waals surface area contributed by atoms with Crippen LogP contribution in [0.5, 0.6) is 5.75 Å². The molecule has 1 aliphatic heterocycles. The molecule has 1 aliphatic rings. The first kappa shape index (κ1) is 32.2. The third-order valence-electron chi connectivity index (χ3n) is 5.64. The zero-order chi connectivity index (χ0) is 29.1. The van der Waals surface area contributed by atoms with Gasteiger partial charge in [-0.1, -0.05) is 12.1 Å². The standard InChI is InChI=1S/C23H33N3O12S/c24-13(22(35)36)5-6-16(28)26-14(21(34)25-7-17(29)30)10-39-9-11-1-3-12(4-2-11)37-23-20(33)19(32)18(31)15(8-27)38-23/h1-4,13-15,18-20,23,27,31-33H,5-10,24H2,(H,25,34)(H,26,28)(H,29,30)(H,35,36)/t13-,14-,15+,18+,19-,20+,23+/m0/s1. The fourth-order valence-corrected chi connectivity index (χ4v) is 4.42. The first-order valence-electron chi connectivity index (χ1n) is 11.8. The normalized spacial score (nSPS) is 24.3. The van der Waals surface area contributed by atoms with Gasteiger partial charge < -0.3 is 56.5 Å². The smallest absolute Gasteiger partial charge is 0.322 e. The molecular weight excluding hydrogens is 542 g/mol. The van der Waals surface area contributed by atoms with Crippen LogP contribution in [0.25, 0.3) is 0 Å². The number of aliphatic hydroxyl groups excluding tert-OH is 4. The Morgan fingerprint density at radius 3 is 2.31 bits per heavy atom. The lowest BCUT2D eigenvalue weighted by molar-refractivity contribution is -0.277. The highest BCUT2D eigenvalue weighted by atomic mass is 32.2. The Morgan fingerprint density at radius 1 is 1.05 bits per heavy atom. The van der Waals surface area contributed by atoms with E-state index in [2.05, 4.69) is 10.6 Å². The predicted octanol–water partition coefficient (Wildman–Crippen LogP) is -3.02. The highest BCUT2D eigenvalue weighted by Crippen LogP contribution is 2.25. The van der Waals surface area contributed by atoms with Gasteiger partial charge in [0.25, 0.3) is 0 Å². The number of carboxylic acids is 2. The number of aliphatic hydroxyl groups is 4. The Hall–Kier alpha value is -2.99. The molecule has 1 aromatic carbocycles. The summed E-state index contributed by atoms with van der Waals surface area (Å²) in [6.07, 6.45) is -7.47. The number of rotatable bonds is 15.